The third kappa shape index (κ3) is 3.36. The highest BCUT2D eigenvalue weighted by Gasteiger charge is 2.36. The topological polar surface area (TPSA) is 78.5 Å². The molecule has 0 aromatic heterocycles. The molecule has 2 heterocycles. The van der Waals surface area contributed by atoms with Crippen LogP contribution in [0.15, 0.2) is 24.3 Å². The van der Waals surface area contributed by atoms with E-state index in [9.17, 15) is 14.4 Å². The molecule has 2 N–H and O–H groups in total. The van der Waals surface area contributed by atoms with E-state index in [0.717, 1.165) is 17.7 Å². The summed E-state index contributed by atoms with van der Waals surface area (Å²) in [6.07, 6.45) is 1.70. The van der Waals surface area contributed by atoms with Crippen molar-refractivity contribution in [1.82, 2.24) is 10.6 Å². The number of hydrogen-bond acceptors (Lipinski definition) is 3. The van der Waals surface area contributed by atoms with E-state index in [-0.39, 0.29) is 24.1 Å². The van der Waals surface area contributed by atoms with Gasteiger partial charge in [0.2, 0.25) is 17.7 Å². The van der Waals surface area contributed by atoms with Crippen LogP contribution < -0.4 is 15.5 Å². The quantitative estimate of drug-likeness (QED) is 0.864. The standard InChI is InChI=1S/C17H21N3O3/c1-11-4-6-13(7-5-11)20-10-12(9-15(20)21)16(22)19-14-3-2-8-18-17(14)23/h4-7,12,14H,2-3,8-10H2,1H3,(H,18,23)(H,19,22)/t12-,14+/m1/s1. The van der Waals surface area contributed by atoms with E-state index in [1.807, 2.05) is 31.2 Å². The predicted octanol–water partition coefficient (Wildman–Crippen LogP) is 0.743. The lowest BCUT2D eigenvalue weighted by molar-refractivity contribution is -0.132. The van der Waals surface area contributed by atoms with Crippen molar-refractivity contribution in [2.75, 3.05) is 18.0 Å². The fourth-order valence-electron chi connectivity index (χ4n) is 3.06. The smallest absolute Gasteiger partial charge is 0.242 e. The van der Waals surface area contributed by atoms with Crippen LogP contribution in [-0.4, -0.2) is 36.9 Å². The van der Waals surface area contributed by atoms with Crippen molar-refractivity contribution in [2.24, 2.45) is 5.92 Å². The summed E-state index contributed by atoms with van der Waals surface area (Å²) < 4.78 is 0. The summed E-state index contributed by atoms with van der Waals surface area (Å²) in [5.41, 5.74) is 1.93. The van der Waals surface area contributed by atoms with Gasteiger partial charge in [-0.25, -0.2) is 0 Å². The Morgan fingerprint density at radius 2 is 2.00 bits per heavy atom. The molecule has 2 aliphatic heterocycles. The Morgan fingerprint density at radius 3 is 2.70 bits per heavy atom. The molecule has 1 aromatic carbocycles. The van der Waals surface area contributed by atoms with E-state index in [4.69, 9.17) is 0 Å². The molecule has 2 aliphatic rings. The van der Waals surface area contributed by atoms with Gasteiger partial charge in [0, 0.05) is 25.2 Å². The second kappa shape index (κ2) is 6.40. The SMILES string of the molecule is Cc1ccc(N2C[C@H](C(=O)N[C@H]3CCCNC3=O)CC2=O)cc1. The summed E-state index contributed by atoms with van der Waals surface area (Å²) in [5.74, 6) is -0.806. The second-order valence-corrected chi connectivity index (χ2v) is 6.24. The van der Waals surface area contributed by atoms with Crippen LogP contribution in [0, 0.1) is 12.8 Å². The first-order valence-electron chi connectivity index (χ1n) is 8.00. The second-order valence-electron chi connectivity index (χ2n) is 6.24. The molecule has 0 bridgehead atoms. The van der Waals surface area contributed by atoms with Gasteiger partial charge in [-0.3, -0.25) is 14.4 Å². The maximum atomic E-state index is 12.4. The average molecular weight is 315 g/mol. The largest absolute Gasteiger partial charge is 0.354 e. The fourth-order valence-corrected chi connectivity index (χ4v) is 3.06. The van der Waals surface area contributed by atoms with Crippen LogP contribution in [0.25, 0.3) is 0 Å². The van der Waals surface area contributed by atoms with Crippen LogP contribution in [0.4, 0.5) is 5.69 Å². The van der Waals surface area contributed by atoms with Gasteiger partial charge in [0.15, 0.2) is 0 Å². The van der Waals surface area contributed by atoms with E-state index in [2.05, 4.69) is 10.6 Å². The normalized spacial score (nSPS) is 24.5. The lowest BCUT2D eigenvalue weighted by Crippen LogP contribution is -2.51. The van der Waals surface area contributed by atoms with Crippen molar-refractivity contribution in [1.29, 1.82) is 0 Å². The number of aryl methyl sites for hydroxylation is 1. The molecule has 122 valence electrons. The summed E-state index contributed by atoms with van der Waals surface area (Å²) in [5, 5.41) is 5.53. The number of benzene rings is 1. The monoisotopic (exact) mass is 315 g/mol. The minimum Gasteiger partial charge on any atom is -0.354 e. The molecule has 0 radical (unpaired) electrons. The highest BCUT2D eigenvalue weighted by atomic mass is 16.2. The number of rotatable bonds is 3. The Balaban J connectivity index is 1.63. The summed E-state index contributed by atoms with van der Waals surface area (Å²) >= 11 is 0. The molecular weight excluding hydrogens is 294 g/mol. The third-order valence-corrected chi connectivity index (χ3v) is 4.44. The van der Waals surface area contributed by atoms with E-state index in [1.54, 1.807) is 4.90 Å². The number of hydrogen-bond donors (Lipinski definition) is 2. The van der Waals surface area contributed by atoms with Crippen molar-refractivity contribution >= 4 is 23.4 Å². The minimum atomic E-state index is -0.472. The van der Waals surface area contributed by atoms with Crippen molar-refractivity contribution in [2.45, 2.75) is 32.2 Å². The number of anilines is 1. The third-order valence-electron chi connectivity index (χ3n) is 4.44. The number of carbonyl (C=O) groups excluding carboxylic acids is 3. The Bertz CT molecular complexity index is 626. The summed E-state index contributed by atoms with van der Waals surface area (Å²) in [7, 11) is 0. The van der Waals surface area contributed by atoms with Crippen LogP contribution in [0.1, 0.15) is 24.8 Å². The highest BCUT2D eigenvalue weighted by Crippen LogP contribution is 2.25. The van der Waals surface area contributed by atoms with E-state index >= 15 is 0 Å². The Morgan fingerprint density at radius 1 is 1.26 bits per heavy atom. The van der Waals surface area contributed by atoms with Gasteiger partial charge in [-0.1, -0.05) is 17.7 Å². The van der Waals surface area contributed by atoms with Crippen LogP contribution >= 0.6 is 0 Å². The van der Waals surface area contributed by atoms with Crippen LogP contribution in [0.3, 0.4) is 0 Å². The maximum Gasteiger partial charge on any atom is 0.242 e. The zero-order valence-electron chi connectivity index (χ0n) is 13.2. The van der Waals surface area contributed by atoms with Crippen molar-refractivity contribution in [3.63, 3.8) is 0 Å². The van der Waals surface area contributed by atoms with E-state index in [1.165, 1.54) is 0 Å². The number of carbonyl (C=O) groups is 3. The minimum absolute atomic E-state index is 0.0536. The first-order chi connectivity index (χ1) is 11.0. The molecule has 2 atom stereocenters. The van der Waals surface area contributed by atoms with Crippen molar-refractivity contribution in [3.8, 4) is 0 Å². The molecule has 23 heavy (non-hydrogen) atoms. The predicted molar refractivity (Wildman–Crippen MR) is 85.8 cm³/mol. The Labute approximate surface area is 135 Å². The maximum absolute atomic E-state index is 12.4. The molecule has 2 fully saturated rings. The molecule has 1 aromatic rings. The molecular formula is C17H21N3O3. The van der Waals surface area contributed by atoms with Gasteiger partial charge in [0.05, 0.1) is 5.92 Å². The van der Waals surface area contributed by atoms with Gasteiger partial charge in [0.25, 0.3) is 0 Å². The summed E-state index contributed by atoms with van der Waals surface area (Å²) in [4.78, 5) is 37.9. The lowest BCUT2D eigenvalue weighted by atomic mass is 10.0. The first kappa shape index (κ1) is 15.5. The molecule has 6 nitrogen and oxygen atoms in total. The first-order valence-corrected chi connectivity index (χ1v) is 8.00. The number of nitrogens with zero attached hydrogens (tertiary/aromatic N) is 1. The van der Waals surface area contributed by atoms with Gasteiger partial charge in [-0.05, 0) is 31.9 Å². The van der Waals surface area contributed by atoms with E-state index < -0.39 is 12.0 Å². The molecule has 3 rings (SSSR count). The zero-order chi connectivity index (χ0) is 16.4. The Hall–Kier alpha value is -2.37. The lowest BCUT2D eigenvalue weighted by Gasteiger charge is -2.24. The van der Waals surface area contributed by atoms with Crippen molar-refractivity contribution in [3.05, 3.63) is 29.8 Å². The van der Waals surface area contributed by atoms with Gasteiger partial charge in [-0.2, -0.15) is 0 Å². The van der Waals surface area contributed by atoms with Gasteiger partial charge in [-0.15, -0.1) is 0 Å². The number of nitrogens with one attached hydrogen (secondary N) is 2. The summed E-state index contributed by atoms with van der Waals surface area (Å²) in [6, 6.07) is 7.20. The highest BCUT2D eigenvalue weighted by molar-refractivity contribution is 6.01. The van der Waals surface area contributed by atoms with E-state index in [0.29, 0.717) is 19.5 Å². The van der Waals surface area contributed by atoms with Crippen LogP contribution in [0.2, 0.25) is 0 Å². The molecule has 6 heteroatoms. The van der Waals surface area contributed by atoms with Crippen LogP contribution in [0.5, 0.6) is 0 Å². The van der Waals surface area contributed by atoms with Gasteiger partial charge >= 0.3 is 0 Å². The summed E-state index contributed by atoms with van der Waals surface area (Å²) in [6.45, 7) is 3.01. The molecule has 0 aliphatic carbocycles. The van der Waals surface area contributed by atoms with Crippen molar-refractivity contribution < 1.29 is 14.4 Å². The average Bonchev–Trinajstić information content (AvgIpc) is 2.92. The number of amides is 3. The Kier molecular flexibility index (Phi) is 4.32. The molecule has 0 saturated carbocycles. The molecule has 2 saturated heterocycles. The molecule has 0 unspecified atom stereocenters. The van der Waals surface area contributed by atoms with Gasteiger partial charge in [0.1, 0.15) is 6.04 Å². The van der Waals surface area contributed by atoms with Crippen LogP contribution in [-0.2, 0) is 14.4 Å². The van der Waals surface area contributed by atoms with Gasteiger partial charge < -0.3 is 15.5 Å². The number of piperidine rings is 1. The fraction of sp³-hybridized carbons (Fsp3) is 0.471. The zero-order valence-corrected chi connectivity index (χ0v) is 13.2. The molecule has 3 amide bonds. The molecule has 0 spiro atoms.